The fourth-order valence-corrected chi connectivity index (χ4v) is 7.24. The number of hydrogen-bond donors (Lipinski definition) is 5. The van der Waals surface area contributed by atoms with E-state index in [1.54, 1.807) is 0 Å². The number of carbonyl (C=O) groups excluding carboxylic acids is 1. The molecule has 194 valence electrons. The molecule has 4 saturated heterocycles. The van der Waals surface area contributed by atoms with E-state index >= 15 is 0 Å². The maximum absolute atomic E-state index is 13.9. The molecule has 1 amide bonds. The molecule has 0 aromatic rings. The number of carbonyl (C=O) groups is 1. The van der Waals surface area contributed by atoms with Gasteiger partial charge in [-0.2, -0.15) is 5.48 Å². The molecule has 4 heterocycles. The number of quaternary nitrogens is 2. The average molecular weight is 487 g/mol. The lowest BCUT2D eigenvalue weighted by molar-refractivity contribution is -0.919. The zero-order valence-electron chi connectivity index (χ0n) is 20.3. The third kappa shape index (κ3) is 5.57. The van der Waals surface area contributed by atoms with Gasteiger partial charge >= 0.3 is 0 Å². The summed E-state index contributed by atoms with van der Waals surface area (Å²) in [4.78, 5) is 21.6. The Hall–Kier alpha value is -0.910. The van der Waals surface area contributed by atoms with Crippen LogP contribution >= 0.6 is 0 Å². The van der Waals surface area contributed by atoms with Gasteiger partial charge < -0.3 is 16.0 Å². The topological polar surface area (TPSA) is 101 Å². The van der Waals surface area contributed by atoms with Crippen LogP contribution < -0.4 is 26.7 Å². The summed E-state index contributed by atoms with van der Waals surface area (Å²) in [5.41, 5.74) is 8.81. The molecule has 5 rings (SSSR count). The van der Waals surface area contributed by atoms with Crippen LogP contribution in [0.1, 0.15) is 57.8 Å². The van der Waals surface area contributed by atoms with Crippen LogP contribution in [-0.4, -0.2) is 80.5 Å². The van der Waals surface area contributed by atoms with Gasteiger partial charge in [-0.25, -0.2) is 8.78 Å². The van der Waals surface area contributed by atoms with Crippen molar-refractivity contribution >= 4 is 5.91 Å². The first kappa shape index (κ1) is 24.8. The molecule has 7 N–H and O–H groups in total. The molecular weight excluding hydrogens is 442 g/mol. The van der Waals surface area contributed by atoms with Gasteiger partial charge in [-0.15, -0.1) is 0 Å². The molecule has 8 unspecified atom stereocenters. The maximum atomic E-state index is 13.9. The predicted molar refractivity (Wildman–Crippen MR) is 123 cm³/mol. The van der Waals surface area contributed by atoms with Crippen LogP contribution in [-0.2, 0) is 9.63 Å². The summed E-state index contributed by atoms with van der Waals surface area (Å²) >= 11 is 0. The molecule has 0 spiro atoms. The van der Waals surface area contributed by atoms with Crippen molar-refractivity contribution in [3.05, 3.63) is 0 Å². The second-order valence-corrected chi connectivity index (χ2v) is 11.5. The molecule has 1 saturated carbocycles. The summed E-state index contributed by atoms with van der Waals surface area (Å²) in [6, 6.07) is 0.359. The first-order chi connectivity index (χ1) is 16.5. The molecule has 9 atom stereocenters. The molecule has 5 fully saturated rings. The lowest BCUT2D eigenvalue weighted by atomic mass is 9.86. The molecule has 10 heteroatoms. The van der Waals surface area contributed by atoms with Gasteiger partial charge in [-0.1, -0.05) is 0 Å². The molecule has 0 aromatic heterocycles. The van der Waals surface area contributed by atoms with Crippen LogP contribution in [0.5, 0.6) is 0 Å². The first-order valence-electron chi connectivity index (χ1n) is 13.6. The monoisotopic (exact) mass is 486 g/mol. The zero-order valence-corrected chi connectivity index (χ0v) is 20.3. The highest BCUT2D eigenvalue weighted by Gasteiger charge is 2.45. The largest absolute Gasteiger partial charge is 0.369 e. The molecule has 0 bridgehead atoms. The Morgan fingerprint density at radius 2 is 1.91 bits per heavy atom. The number of halogens is 2. The highest BCUT2D eigenvalue weighted by molar-refractivity contribution is 5.76. The van der Waals surface area contributed by atoms with Crippen molar-refractivity contribution in [1.29, 1.82) is 0 Å². The van der Waals surface area contributed by atoms with Crippen LogP contribution in [0.25, 0.3) is 0 Å². The minimum absolute atomic E-state index is 0.0302. The van der Waals surface area contributed by atoms with E-state index < -0.39 is 12.3 Å². The summed E-state index contributed by atoms with van der Waals surface area (Å²) in [7, 11) is 0. The van der Waals surface area contributed by atoms with Crippen molar-refractivity contribution in [1.82, 2.24) is 15.7 Å². The molecule has 4 aliphatic heterocycles. The summed E-state index contributed by atoms with van der Waals surface area (Å²) < 4.78 is 27.5. The fourth-order valence-electron chi connectivity index (χ4n) is 7.24. The lowest BCUT2D eigenvalue weighted by Gasteiger charge is -2.39. The molecular formula is C24H44F2N6O2+2. The van der Waals surface area contributed by atoms with Crippen LogP contribution in [0.2, 0.25) is 0 Å². The fraction of sp³-hybridized carbons (Fsp3) is 0.958. The highest BCUT2D eigenvalue weighted by atomic mass is 19.2. The Balaban J connectivity index is 1.11. The van der Waals surface area contributed by atoms with E-state index in [4.69, 9.17) is 10.6 Å². The standard InChI is InChI=1S/C24H42F2N6O2/c25-18-4-3-15(12-19(18)26)14-32-9-1-2-20(32)24-29-23(30-34-24)17-5-8-28-21(13-17)31-10-6-16(7-11-31)22(27)33/h15-21,23-24,28-30H,1-14H2,(H2,27,33)/p+2/t15?,17?,18?,19?,20-,21?,23?,24?/m0/s1. The number of hydrogen-bond acceptors (Lipinski definition) is 5. The van der Waals surface area contributed by atoms with Crippen molar-refractivity contribution in [3.8, 4) is 0 Å². The van der Waals surface area contributed by atoms with Gasteiger partial charge in [0, 0.05) is 56.5 Å². The van der Waals surface area contributed by atoms with E-state index in [1.807, 2.05) is 0 Å². The van der Waals surface area contributed by atoms with Gasteiger partial charge in [0.15, 0.2) is 6.23 Å². The van der Waals surface area contributed by atoms with Crippen LogP contribution in [0.3, 0.4) is 0 Å². The molecule has 0 radical (unpaired) electrons. The number of nitrogens with zero attached hydrogens (tertiary/aromatic N) is 1. The van der Waals surface area contributed by atoms with Gasteiger partial charge in [-0.05, 0) is 32.1 Å². The highest BCUT2D eigenvalue weighted by Crippen LogP contribution is 2.29. The van der Waals surface area contributed by atoms with Crippen molar-refractivity contribution in [2.45, 2.75) is 94.7 Å². The Kier molecular flexibility index (Phi) is 8.02. The Morgan fingerprint density at radius 3 is 2.68 bits per heavy atom. The minimum atomic E-state index is -1.29. The Morgan fingerprint density at radius 1 is 1.09 bits per heavy atom. The smallest absolute Gasteiger partial charge is 0.220 e. The number of primary amides is 1. The summed E-state index contributed by atoms with van der Waals surface area (Å²) in [5.74, 6) is 0.639. The third-order valence-corrected chi connectivity index (χ3v) is 9.31. The number of amides is 1. The first-order valence-corrected chi connectivity index (χ1v) is 13.6. The number of rotatable bonds is 6. The van der Waals surface area contributed by atoms with Gasteiger partial charge in [0.2, 0.25) is 5.91 Å². The van der Waals surface area contributed by atoms with E-state index in [0.717, 1.165) is 77.7 Å². The van der Waals surface area contributed by atoms with E-state index in [2.05, 4.69) is 21.0 Å². The minimum Gasteiger partial charge on any atom is -0.369 e. The number of alkyl halides is 2. The summed E-state index contributed by atoms with van der Waals surface area (Å²) in [5, 5.41) is 6.20. The van der Waals surface area contributed by atoms with Gasteiger partial charge in [-0.3, -0.25) is 19.8 Å². The third-order valence-electron chi connectivity index (χ3n) is 9.31. The van der Waals surface area contributed by atoms with Gasteiger partial charge in [0.05, 0.1) is 25.8 Å². The number of nitrogens with one attached hydrogen (secondary N) is 3. The van der Waals surface area contributed by atoms with Gasteiger partial charge in [0.1, 0.15) is 24.6 Å². The Labute approximate surface area is 201 Å². The second kappa shape index (κ2) is 11.0. The van der Waals surface area contributed by atoms with Crippen LogP contribution in [0.4, 0.5) is 8.78 Å². The molecule has 5 aliphatic rings. The quantitative estimate of drug-likeness (QED) is 0.324. The average Bonchev–Trinajstić information content (AvgIpc) is 3.51. The number of hydroxylamine groups is 1. The Bertz CT molecular complexity index is 696. The summed E-state index contributed by atoms with van der Waals surface area (Å²) in [6.45, 7) is 4.99. The SMILES string of the molecule is NC(=O)C1CCN(C2CC(C3NOC([C@@H]4CCC[NH+]4CC4CCC(F)C(F)C4)N3)CC[NH2+]2)CC1. The van der Waals surface area contributed by atoms with Crippen molar-refractivity contribution in [2.75, 3.05) is 32.7 Å². The summed E-state index contributed by atoms with van der Waals surface area (Å²) in [6.07, 6.45) is 5.77. The maximum Gasteiger partial charge on any atom is 0.220 e. The number of piperidine rings is 2. The number of likely N-dealkylation sites (tertiary alicyclic amines) is 2. The van der Waals surface area contributed by atoms with E-state index in [1.165, 1.54) is 4.90 Å². The van der Waals surface area contributed by atoms with Crippen LogP contribution in [0.15, 0.2) is 0 Å². The zero-order chi connectivity index (χ0) is 23.7. The molecule has 8 nitrogen and oxygen atoms in total. The molecule has 34 heavy (non-hydrogen) atoms. The normalized spacial score (nSPS) is 44.9. The number of nitrogens with two attached hydrogens (primary N) is 2. The van der Waals surface area contributed by atoms with Crippen molar-refractivity contribution in [2.24, 2.45) is 23.5 Å². The van der Waals surface area contributed by atoms with E-state index in [0.29, 0.717) is 31.0 Å². The van der Waals surface area contributed by atoms with Crippen molar-refractivity contribution < 1.29 is 28.6 Å². The van der Waals surface area contributed by atoms with Crippen LogP contribution in [0, 0.1) is 17.8 Å². The van der Waals surface area contributed by atoms with E-state index in [9.17, 15) is 13.6 Å². The van der Waals surface area contributed by atoms with Gasteiger partial charge in [0.25, 0.3) is 0 Å². The lowest BCUT2D eigenvalue weighted by Crippen LogP contribution is -3.16. The predicted octanol–water partition coefficient (Wildman–Crippen LogP) is -1.22. The second-order valence-electron chi connectivity index (χ2n) is 11.5. The van der Waals surface area contributed by atoms with Crippen molar-refractivity contribution in [3.63, 3.8) is 0 Å². The molecule has 1 aliphatic carbocycles. The van der Waals surface area contributed by atoms with E-state index in [-0.39, 0.29) is 30.1 Å². The molecule has 0 aromatic carbocycles.